The van der Waals surface area contributed by atoms with Crippen LogP contribution in [0.4, 0.5) is 5.13 Å². The molecule has 6 nitrogen and oxygen atoms in total. The smallest absolute Gasteiger partial charge is 0.266 e. The van der Waals surface area contributed by atoms with Crippen LogP contribution in [0.1, 0.15) is 50.5 Å². The van der Waals surface area contributed by atoms with E-state index in [0.29, 0.717) is 27.3 Å². The molecular weight excluding hydrogens is 511 g/mol. The molecule has 5 rings (SSSR count). The van der Waals surface area contributed by atoms with Gasteiger partial charge in [0.25, 0.3) is 5.91 Å². The number of thiazole rings is 1. The third-order valence-corrected chi connectivity index (χ3v) is 8.58. The minimum atomic E-state index is -0.121. The summed E-state index contributed by atoms with van der Waals surface area (Å²) in [7, 11) is 0. The molecule has 2 aromatic carbocycles. The van der Waals surface area contributed by atoms with Crippen molar-refractivity contribution in [3.05, 3.63) is 59.0 Å². The molecule has 0 spiro atoms. The average Bonchev–Trinajstić information content (AvgIpc) is 3.40. The molecule has 2 fully saturated rings. The molecule has 9 heteroatoms. The van der Waals surface area contributed by atoms with Crippen molar-refractivity contribution in [2.45, 2.75) is 51.0 Å². The van der Waals surface area contributed by atoms with Gasteiger partial charge in [0, 0.05) is 18.5 Å². The number of amides is 2. The van der Waals surface area contributed by atoms with Crippen molar-refractivity contribution >= 4 is 72.9 Å². The van der Waals surface area contributed by atoms with E-state index in [4.69, 9.17) is 17.0 Å². The number of anilines is 1. The maximum absolute atomic E-state index is 13.1. The van der Waals surface area contributed by atoms with Gasteiger partial charge in [-0.2, -0.15) is 0 Å². The Morgan fingerprint density at radius 2 is 1.92 bits per heavy atom. The van der Waals surface area contributed by atoms with Crippen molar-refractivity contribution in [3.63, 3.8) is 0 Å². The first-order valence-electron chi connectivity index (χ1n) is 12.2. The summed E-state index contributed by atoms with van der Waals surface area (Å²) in [5, 5.41) is 3.45. The van der Waals surface area contributed by atoms with Crippen LogP contribution >= 0.6 is 35.3 Å². The lowest BCUT2D eigenvalue weighted by atomic mass is 9.97. The van der Waals surface area contributed by atoms with E-state index in [1.54, 1.807) is 4.90 Å². The Morgan fingerprint density at radius 3 is 2.75 bits per heavy atom. The number of nitrogens with one attached hydrogen (secondary N) is 1. The fraction of sp³-hybridized carbons (Fsp3) is 0.333. The van der Waals surface area contributed by atoms with Crippen molar-refractivity contribution in [2.24, 2.45) is 0 Å². The van der Waals surface area contributed by atoms with Crippen molar-refractivity contribution in [3.8, 4) is 5.75 Å². The topological polar surface area (TPSA) is 71.5 Å². The van der Waals surface area contributed by atoms with E-state index >= 15 is 0 Å². The molecule has 1 aromatic heterocycles. The van der Waals surface area contributed by atoms with Gasteiger partial charge in [-0.25, -0.2) is 4.98 Å². The summed E-state index contributed by atoms with van der Waals surface area (Å²) < 4.78 is 7.83. The number of aromatic nitrogens is 1. The van der Waals surface area contributed by atoms with Crippen LogP contribution in [0.5, 0.6) is 5.75 Å². The SMILES string of the molecule is O=C(CCCN1C(=O)/C(=C/c2ccccc2OC2CCCCC2)SC1=S)Nc1nc2ccccc2s1. The molecule has 0 bridgehead atoms. The van der Waals surface area contributed by atoms with Crippen LogP contribution in [-0.2, 0) is 9.59 Å². The lowest BCUT2D eigenvalue weighted by molar-refractivity contribution is -0.122. The van der Waals surface area contributed by atoms with Gasteiger partial charge in [-0.3, -0.25) is 14.5 Å². The Hall–Kier alpha value is -2.75. The zero-order valence-electron chi connectivity index (χ0n) is 19.8. The highest BCUT2D eigenvalue weighted by Gasteiger charge is 2.32. The predicted octanol–water partition coefficient (Wildman–Crippen LogP) is 6.63. The minimum absolute atomic E-state index is 0.121. The molecule has 36 heavy (non-hydrogen) atoms. The van der Waals surface area contributed by atoms with Crippen LogP contribution in [-0.4, -0.2) is 38.7 Å². The molecule has 1 aliphatic heterocycles. The van der Waals surface area contributed by atoms with Gasteiger partial charge in [0.1, 0.15) is 10.1 Å². The maximum Gasteiger partial charge on any atom is 0.266 e. The van der Waals surface area contributed by atoms with E-state index in [1.807, 2.05) is 54.6 Å². The normalized spacial score (nSPS) is 17.8. The van der Waals surface area contributed by atoms with Crippen molar-refractivity contribution < 1.29 is 14.3 Å². The van der Waals surface area contributed by atoms with E-state index in [-0.39, 0.29) is 24.3 Å². The summed E-state index contributed by atoms with van der Waals surface area (Å²) in [4.78, 5) is 32.1. The second-order valence-electron chi connectivity index (χ2n) is 8.89. The molecule has 0 radical (unpaired) electrons. The summed E-state index contributed by atoms with van der Waals surface area (Å²) >= 11 is 8.23. The van der Waals surface area contributed by atoms with Gasteiger partial charge in [0.05, 0.1) is 21.2 Å². The van der Waals surface area contributed by atoms with Gasteiger partial charge in [-0.05, 0) is 56.4 Å². The van der Waals surface area contributed by atoms with Crippen LogP contribution in [0.2, 0.25) is 0 Å². The third kappa shape index (κ3) is 5.96. The molecule has 0 atom stereocenters. The molecule has 186 valence electrons. The number of thiocarbonyl (C=S) groups is 1. The van der Waals surface area contributed by atoms with Gasteiger partial charge in [0.2, 0.25) is 5.91 Å². The van der Waals surface area contributed by atoms with Crippen molar-refractivity contribution in [1.29, 1.82) is 0 Å². The number of hydrogen-bond donors (Lipinski definition) is 1. The molecule has 2 heterocycles. The van der Waals surface area contributed by atoms with E-state index in [9.17, 15) is 9.59 Å². The highest BCUT2D eigenvalue weighted by molar-refractivity contribution is 8.26. The van der Waals surface area contributed by atoms with Crippen LogP contribution in [0.25, 0.3) is 16.3 Å². The van der Waals surface area contributed by atoms with Gasteiger partial charge in [-0.1, -0.05) is 72.1 Å². The van der Waals surface area contributed by atoms with Crippen molar-refractivity contribution in [2.75, 3.05) is 11.9 Å². The fourth-order valence-corrected chi connectivity index (χ4v) is 6.59. The first-order chi connectivity index (χ1) is 17.6. The zero-order valence-corrected chi connectivity index (χ0v) is 22.2. The number of carbonyl (C=O) groups is 2. The number of hydrogen-bond acceptors (Lipinski definition) is 7. The van der Waals surface area contributed by atoms with Gasteiger partial charge >= 0.3 is 0 Å². The lowest BCUT2D eigenvalue weighted by Gasteiger charge is -2.23. The summed E-state index contributed by atoms with van der Waals surface area (Å²) in [5.74, 6) is 0.564. The van der Waals surface area contributed by atoms with Crippen LogP contribution in [0, 0.1) is 0 Å². The standard InChI is InChI=1S/C27H27N3O3S3/c31-24(29-26-28-20-12-5-7-14-22(20)35-26)15-8-16-30-25(32)23(36-27(30)34)17-18-9-4-6-13-21(18)33-19-10-2-1-3-11-19/h4-7,9,12-14,17,19H,1-3,8,10-11,15-16H2,(H,28,29,31)/b23-17-. The second kappa shape index (κ2) is 11.5. The molecule has 1 saturated carbocycles. The Labute approximate surface area is 224 Å². The number of ether oxygens (including phenoxy) is 1. The van der Waals surface area contributed by atoms with Crippen molar-refractivity contribution in [1.82, 2.24) is 9.88 Å². The van der Waals surface area contributed by atoms with Crippen LogP contribution in [0.3, 0.4) is 0 Å². The monoisotopic (exact) mass is 537 g/mol. The average molecular weight is 538 g/mol. The van der Waals surface area contributed by atoms with E-state index in [1.165, 1.54) is 42.4 Å². The molecule has 1 N–H and O–H groups in total. The van der Waals surface area contributed by atoms with Crippen LogP contribution in [0.15, 0.2) is 53.4 Å². The number of para-hydroxylation sites is 2. The molecule has 1 aliphatic carbocycles. The summed E-state index contributed by atoms with van der Waals surface area (Å²) in [6.45, 7) is 0.398. The van der Waals surface area contributed by atoms with Gasteiger partial charge in [0.15, 0.2) is 5.13 Å². The molecule has 2 aliphatic rings. The largest absolute Gasteiger partial charge is 0.490 e. The molecule has 1 saturated heterocycles. The van der Waals surface area contributed by atoms with E-state index < -0.39 is 0 Å². The van der Waals surface area contributed by atoms with E-state index in [2.05, 4.69) is 10.3 Å². The Bertz CT molecular complexity index is 1280. The summed E-state index contributed by atoms with van der Waals surface area (Å²) in [6.07, 6.45) is 8.71. The lowest BCUT2D eigenvalue weighted by Crippen LogP contribution is -2.29. The van der Waals surface area contributed by atoms with Gasteiger partial charge < -0.3 is 10.1 Å². The van der Waals surface area contributed by atoms with E-state index in [0.717, 1.165) is 34.4 Å². The molecule has 3 aromatic rings. The zero-order chi connectivity index (χ0) is 24.9. The number of fused-ring (bicyclic) bond motifs is 1. The third-order valence-electron chi connectivity index (χ3n) is 6.25. The number of rotatable bonds is 8. The quantitative estimate of drug-likeness (QED) is 0.257. The Morgan fingerprint density at radius 1 is 1.14 bits per heavy atom. The first-order valence-corrected chi connectivity index (χ1v) is 14.3. The van der Waals surface area contributed by atoms with Gasteiger partial charge in [-0.15, -0.1) is 0 Å². The second-order valence-corrected chi connectivity index (χ2v) is 11.6. The number of nitrogens with zero attached hydrogens (tertiary/aromatic N) is 2. The number of thioether (sulfide) groups is 1. The maximum atomic E-state index is 13.1. The Balaban J connectivity index is 1.17. The minimum Gasteiger partial charge on any atom is -0.490 e. The number of benzene rings is 2. The highest BCUT2D eigenvalue weighted by Crippen LogP contribution is 2.35. The predicted molar refractivity (Wildman–Crippen MR) is 151 cm³/mol. The molecular formula is C27H27N3O3S3. The highest BCUT2D eigenvalue weighted by atomic mass is 32.2. The summed E-state index contributed by atoms with van der Waals surface area (Å²) in [5.41, 5.74) is 1.76. The Kier molecular flexibility index (Phi) is 7.99. The number of carbonyl (C=O) groups excluding carboxylic acids is 2. The molecule has 0 unspecified atom stereocenters. The first kappa shape index (κ1) is 24.9. The van der Waals surface area contributed by atoms with Crippen LogP contribution < -0.4 is 10.1 Å². The summed E-state index contributed by atoms with van der Waals surface area (Å²) in [6, 6.07) is 15.6. The fourth-order valence-electron chi connectivity index (χ4n) is 4.41. The molecule has 2 amide bonds.